The molecule has 0 aromatic heterocycles. The fourth-order valence-corrected chi connectivity index (χ4v) is 3.78. The number of benzene rings is 2. The van der Waals surface area contributed by atoms with Crippen LogP contribution in [0.5, 0.6) is 0 Å². The zero-order valence-electron chi connectivity index (χ0n) is 15.5. The summed E-state index contributed by atoms with van der Waals surface area (Å²) < 4.78 is 0. The molecule has 1 unspecified atom stereocenters. The van der Waals surface area contributed by atoms with Crippen LogP contribution in [0, 0.1) is 6.42 Å². The third-order valence-corrected chi connectivity index (χ3v) is 5.22. The number of amides is 1. The first-order valence-electron chi connectivity index (χ1n) is 9.65. The van der Waals surface area contributed by atoms with Crippen molar-refractivity contribution >= 4 is 5.91 Å². The Hall–Kier alpha value is -2.65. The number of piperazine rings is 1. The molecule has 3 heteroatoms. The Morgan fingerprint density at radius 2 is 1.78 bits per heavy atom. The Bertz CT molecular complexity index is 839. The highest BCUT2D eigenvalue weighted by atomic mass is 16.2. The molecule has 0 saturated carbocycles. The van der Waals surface area contributed by atoms with Gasteiger partial charge < -0.3 is 10.2 Å². The summed E-state index contributed by atoms with van der Waals surface area (Å²) in [6.45, 7) is 2.29. The van der Waals surface area contributed by atoms with Gasteiger partial charge in [-0.1, -0.05) is 72.3 Å². The second-order valence-electron chi connectivity index (χ2n) is 7.15. The summed E-state index contributed by atoms with van der Waals surface area (Å²) in [5.74, 6) is 0.149. The van der Waals surface area contributed by atoms with Crippen LogP contribution in [-0.2, 0) is 11.2 Å². The van der Waals surface area contributed by atoms with Gasteiger partial charge in [0, 0.05) is 31.2 Å². The molecular weight excluding hydrogens is 332 g/mol. The van der Waals surface area contributed by atoms with Crippen molar-refractivity contribution in [2.24, 2.45) is 0 Å². The fourth-order valence-electron chi connectivity index (χ4n) is 3.78. The van der Waals surface area contributed by atoms with E-state index in [1.165, 1.54) is 16.7 Å². The minimum Gasteiger partial charge on any atom is -0.335 e. The van der Waals surface area contributed by atoms with E-state index in [9.17, 15) is 4.79 Å². The molecule has 0 spiro atoms. The number of carbonyl (C=O) groups excluding carboxylic acids is 1. The maximum atomic E-state index is 13.1. The average molecular weight is 357 g/mol. The minimum absolute atomic E-state index is 0.149. The zero-order valence-corrected chi connectivity index (χ0v) is 15.5. The van der Waals surface area contributed by atoms with Crippen molar-refractivity contribution in [2.45, 2.75) is 18.9 Å². The Morgan fingerprint density at radius 3 is 2.56 bits per heavy atom. The van der Waals surface area contributed by atoms with E-state index in [0.717, 1.165) is 31.5 Å². The van der Waals surface area contributed by atoms with E-state index in [2.05, 4.69) is 72.4 Å². The Kier molecular flexibility index (Phi) is 5.50. The summed E-state index contributed by atoms with van der Waals surface area (Å²) in [6.07, 6.45) is 8.04. The second kappa shape index (κ2) is 8.36. The number of carbonyl (C=O) groups is 1. The first-order chi connectivity index (χ1) is 13.3. The van der Waals surface area contributed by atoms with Crippen molar-refractivity contribution in [3.8, 4) is 0 Å². The highest BCUT2D eigenvalue weighted by molar-refractivity contribution is 5.97. The Balaban J connectivity index is 1.44. The van der Waals surface area contributed by atoms with E-state index >= 15 is 0 Å². The maximum Gasteiger partial charge on any atom is 0.253 e. The predicted octanol–water partition coefficient (Wildman–Crippen LogP) is 3.86. The molecule has 1 aliphatic carbocycles. The quantitative estimate of drug-likeness (QED) is 0.901. The highest BCUT2D eigenvalue weighted by Gasteiger charge is 2.26. The lowest BCUT2D eigenvalue weighted by atomic mass is 9.93. The van der Waals surface area contributed by atoms with Gasteiger partial charge in [-0.05, 0) is 36.5 Å². The van der Waals surface area contributed by atoms with E-state index in [4.69, 9.17) is 0 Å². The standard InChI is InChI=1S/C24H25N2O/c27-24(26-15-14-25-23(18-26)21-11-5-2-6-12-21)22-13-7-10-20(17-22)16-19-8-3-1-4-9-19/h1-6,8-13,17,23,25H,7,14-16,18H2. The van der Waals surface area contributed by atoms with Gasteiger partial charge >= 0.3 is 0 Å². The predicted molar refractivity (Wildman–Crippen MR) is 109 cm³/mol. The van der Waals surface area contributed by atoms with Gasteiger partial charge in [-0.3, -0.25) is 4.79 Å². The molecule has 1 amide bonds. The topological polar surface area (TPSA) is 32.3 Å². The lowest BCUT2D eigenvalue weighted by molar-refractivity contribution is -0.128. The van der Waals surface area contributed by atoms with Gasteiger partial charge in [0.25, 0.3) is 5.91 Å². The number of hydrogen-bond donors (Lipinski definition) is 1. The normalized spacial score (nSPS) is 20.0. The molecule has 1 saturated heterocycles. The van der Waals surface area contributed by atoms with E-state index < -0.39 is 0 Å². The van der Waals surface area contributed by atoms with E-state index in [0.29, 0.717) is 6.54 Å². The largest absolute Gasteiger partial charge is 0.335 e. The molecule has 137 valence electrons. The third kappa shape index (κ3) is 4.37. The molecule has 2 aliphatic rings. The van der Waals surface area contributed by atoms with Crippen molar-refractivity contribution in [1.29, 1.82) is 0 Å². The lowest BCUT2D eigenvalue weighted by Crippen LogP contribution is -2.48. The summed E-state index contributed by atoms with van der Waals surface area (Å²) in [7, 11) is 0. The second-order valence-corrected chi connectivity index (χ2v) is 7.15. The van der Waals surface area contributed by atoms with Crippen LogP contribution in [0.4, 0.5) is 0 Å². The SMILES string of the molecule is O=C(C1=CC[CH]C(Cc2ccccc2)=C1)N1CCNC(c2ccccc2)C1. The van der Waals surface area contributed by atoms with E-state index in [1.807, 2.05) is 17.0 Å². The van der Waals surface area contributed by atoms with E-state index in [1.54, 1.807) is 0 Å². The zero-order chi connectivity index (χ0) is 18.5. The molecule has 1 atom stereocenters. The first kappa shape index (κ1) is 17.7. The summed E-state index contributed by atoms with van der Waals surface area (Å²) in [4.78, 5) is 15.1. The van der Waals surface area contributed by atoms with Crippen LogP contribution >= 0.6 is 0 Å². The van der Waals surface area contributed by atoms with Gasteiger partial charge in [0.1, 0.15) is 0 Å². The van der Waals surface area contributed by atoms with Crippen molar-refractivity contribution in [3.63, 3.8) is 0 Å². The molecule has 0 bridgehead atoms. The molecule has 2 aromatic carbocycles. The molecule has 1 N–H and O–H groups in total. The van der Waals surface area contributed by atoms with Gasteiger partial charge in [-0.2, -0.15) is 0 Å². The van der Waals surface area contributed by atoms with E-state index in [-0.39, 0.29) is 11.9 Å². The van der Waals surface area contributed by atoms with Crippen molar-refractivity contribution in [3.05, 3.63) is 102 Å². The Labute approximate surface area is 161 Å². The molecule has 1 aliphatic heterocycles. The number of nitrogens with zero attached hydrogens (tertiary/aromatic N) is 1. The third-order valence-electron chi connectivity index (χ3n) is 5.22. The first-order valence-corrected chi connectivity index (χ1v) is 9.65. The summed E-state index contributed by atoms with van der Waals surface area (Å²) in [5.41, 5.74) is 4.57. The van der Waals surface area contributed by atoms with Gasteiger partial charge in [-0.15, -0.1) is 0 Å². The van der Waals surface area contributed by atoms with Crippen LogP contribution in [-0.4, -0.2) is 30.4 Å². The van der Waals surface area contributed by atoms with Crippen molar-refractivity contribution < 1.29 is 4.79 Å². The smallest absolute Gasteiger partial charge is 0.253 e. The van der Waals surface area contributed by atoms with Crippen LogP contribution < -0.4 is 5.32 Å². The van der Waals surface area contributed by atoms with Gasteiger partial charge in [0.15, 0.2) is 0 Å². The van der Waals surface area contributed by atoms with Crippen LogP contribution in [0.3, 0.4) is 0 Å². The highest BCUT2D eigenvalue weighted by Crippen LogP contribution is 2.24. The van der Waals surface area contributed by atoms with Gasteiger partial charge in [0.05, 0.1) is 0 Å². The average Bonchev–Trinajstić information content (AvgIpc) is 2.75. The number of rotatable bonds is 4. The molecule has 27 heavy (non-hydrogen) atoms. The Morgan fingerprint density at radius 1 is 1.04 bits per heavy atom. The lowest BCUT2D eigenvalue weighted by Gasteiger charge is -2.34. The van der Waals surface area contributed by atoms with Crippen LogP contribution in [0.25, 0.3) is 0 Å². The van der Waals surface area contributed by atoms with Crippen LogP contribution in [0.1, 0.15) is 23.6 Å². The monoisotopic (exact) mass is 357 g/mol. The molecule has 2 aromatic rings. The van der Waals surface area contributed by atoms with Crippen LogP contribution in [0.2, 0.25) is 0 Å². The molecule has 1 fully saturated rings. The van der Waals surface area contributed by atoms with Gasteiger partial charge in [-0.25, -0.2) is 0 Å². The van der Waals surface area contributed by atoms with Crippen molar-refractivity contribution in [1.82, 2.24) is 10.2 Å². The summed E-state index contributed by atoms with van der Waals surface area (Å²) in [5, 5.41) is 3.53. The fraction of sp³-hybridized carbons (Fsp3) is 0.250. The number of allylic oxidation sites excluding steroid dienone is 2. The molecule has 1 radical (unpaired) electrons. The molecule has 4 rings (SSSR count). The molecular formula is C24H25N2O. The molecule has 3 nitrogen and oxygen atoms in total. The maximum absolute atomic E-state index is 13.1. The minimum atomic E-state index is 0.149. The number of nitrogens with one attached hydrogen (secondary N) is 1. The number of hydrogen-bond acceptors (Lipinski definition) is 2. The molecule has 1 heterocycles. The van der Waals surface area contributed by atoms with Crippen LogP contribution in [0.15, 0.2) is 84.0 Å². The summed E-state index contributed by atoms with van der Waals surface area (Å²) in [6, 6.07) is 21.0. The van der Waals surface area contributed by atoms with Crippen molar-refractivity contribution in [2.75, 3.05) is 19.6 Å². The van der Waals surface area contributed by atoms with Gasteiger partial charge in [0.2, 0.25) is 0 Å². The summed E-state index contributed by atoms with van der Waals surface area (Å²) >= 11 is 0.